The Kier molecular flexibility index (Phi) is 7.10. The fourth-order valence-electron chi connectivity index (χ4n) is 6.38. The molecule has 47 heavy (non-hydrogen) atoms. The highest BCUT2D eigenvalue weighted by atomic mass is 16.3. The van der Waals surface area contributed by atoms with E-state index in [1.807, 2.05) is 60.8 Å². The van der Waals surface area contributed by atoms with Crippen LogP contribution in [0.3, 0.4) is 0 Å². The summed E-state index contributed by atoms with van der Waals surface area (Å²) in [5.41, 5.74) is 7.12. The van der Waals surface area contributed by atoms with Crippen molar-refractivity contribution in [1.82, 2.24) is 15.0 Å². The minimum Gasteiger partial charge on any atom is -0.507 e. The second-order valence-corrected chi connectivity index (χ2v) is 12.2. The first-order valence-electron chi connectivity index (χ1n) is 15.8. The summed E-state index contributed by atoms with van der Waals surface area (Å²) in [6.45, 7) is 4.45. The largest absolute Gasteiger partial charge is 0.507 e. The summed E-state index contributed by atoms with van der Waals surface area (Å²) in [5.74, 6) is 1.92. The van der Waals surface area contributed by atoms with E-state index in [2.05, 4.69) is 79.4 Å². The van der Waals surface area contributed by atoms with Gasteiger partial charge in [-0.15, -0.1) is 0 Å². The molecule has 0 aliphatic rings. The number of aromatic hydroxyl groups is 1. The number of anilines is 3. The molecule has 0 unspecified atom stereocenters. The molecule has 0 atom stereocenters. The summed E-state index contributed by atoms with van der Waals surface area (Å²) in [7, 11) is 0. The quantitative estimate of drug-likeness (QED) is 0.193. The number of fused-ring (bicyclic) bond motifs is 4. The number of benzene rings is 5. The first-order valence-corrected chi connectivity index (χ1v) is 15.8. The van der Waals surface area contributed by atoms with Gasteiger partial charge in [0, 0.05) is 33.8 Å². The van der Waals surface area contributed by atoms with Crippen LogP contribution in [0.5, 0.6) is 5.75 Å². The zero-order valence-electron chi connectivity index (χ0n) is 26.1. The van der Waals surface area contributed by atoms with Crippen LogP contribution in [0.1, 0.15) is 19.4 Å². The molecule has 0 spiro atoms. The van der Waals surface area contributed by atoms with E-state index in [9.17, 15) is 5.11 Å². The van der Waals surface area contributed by atoms with Gasteiger partial charge in [0.1, 0.15) is 28.4 Å². The third kappa shape index (κ3) is 5.24. The Balaban J connectivity index is 1.41. The maximum Gasteiger partial charge on any atom is 0.180 e. The molecule has 0 bridgehead atoms. The van der Waals surface area contributed by atoms with Gasteiger partial charge in [-0.2, -0.15) is 0 Å². The molecular weight excluding hydrogens is 580 g/mol. The molecule has 8 rings (SSSR count). The molecule has 0 aliphatic carbocycles. The molecule has 0 aliphatic heterocycles. The average Bonchev–Trinajstić information content (AvgIpc) is 3.47. The smallest absolute Gasteiger partial charge is 0.180 e. The standard InChI is InChI=1S/C41H32N4O2/c1-26(2)22-27-23-29(25-30(24-27)45(37-20-9-10-21-42-37)34-17-11-13-28-12-3-4-14-31(28)34)41-43-38(32-15-5-7-18-35(32)46)40-39(44-41)33-16-6-8-19-36(33)47-40/h3-21,23-26,46H,22H2,1-2H3. The van der Waals surface area contributed by atoms with Crippen LogP contribution in [-0.4, -0.2) is 20.1 Å². The number of hydrogen-bond donors (Lipinski definition) is 1. The molecule has 0 radical (unpaired) electrons. The van der Waals surface area contributed by atoms with E-state index in [0.29, 0.717) is 34.1 Å². The minimum absolute atomic E-state index is 0.130. The Morgan fingerprint density at radius 2 is 1.51 bits per heavy atom. The van der Waals surface area contributed by atoms with Crippen molar-refractivity contribution < 1.29 is 9.52 Å². The summed E-state index contributed by atoms with van der Waals surface area (Å²) >= 11 is 0. The second kappa shape index (κ2) is 11.7. The van der Waals surface area contributed by atoms with Crippen molar-refractivity contribution in [3.63, 3.8) is 0 Å². The zero-order chi connectivity index (χ0) is 31.9. The number of nitrogens with zero attached hydrogens (tertiary/aromatic N) is 4. The second-order valence-electron chi connectivity index (χ2n) is 12.2. The molecule has 1 N–H and O–H groups in total. The fourth-order valence-corrected chi connectivity index (χ4v) is 6.38. The molecule has 8 aromatic rings. The predicted molar refractivity (Wildman–Crippen MR) is 190 cm³/mol. The molecule has 3 aromatic heterocycles. The molecule has 6 nitrogen and oxygen atoms in total. The Bertz CT molecular complexity index is 2390. The first kappa shape index (κ1) is 28.5. The monoisotopic (exact) mass is 612 g/mol. The van der Waals surface area contributed by atoms with E-state index < -0.39 is 0 Å². The predicted octanol–water partition coefficient (Wildman–Crippen LogP) is 10.6. The van der Waals surface area contributed by atoms with Crippen LogP contribution in [0.2, 0.25) is 0 Å². The molecule has 0 amide bonds. The van der Waals surface area contributed by atoms with Gasteiger partial charge in [0.05, 0.1) is 5.69 Å². The third-order valence-corrected chi connectivity index (χ3v) is 8.40. The van der Waals surface area contributed by atoms with Gasteiger partial charge >= 0.3 is 0 Å². The average molecular weight is 613 g/mol. The first-order chi connectivity index (χ1) is 23.0. The Morgan fingerprint density at radius 1 is 0.745 bits per heavy atom. The summed E-state index contributed by atoms with van der Waals surface area (Å²) in [5, 5.41) is 14.1. The van der Waals surface area contributed by atoms with Gasteiger partial charge in [0.25, 0.3) is 0 Å². The van der Waals surface area contributed by atoms with Gasteiger partial charge < -0.3 is 9.52 Å². The maximum absolute atomic E-state index is 10.9. The summed E-state index contributed by atoms with van der Waals surface area (Å²) in [6.07, 6.45) is 2.70. The van der Waals surface area contributed by atoms with E-state index in [-0.39, 0.29) is 5.75 Å². The van der Waals surface area contributed by atoms with Crippen molar-refractivity contribution >= 4 is 50.0 Å². The summed E-state index contributed by atoms with van der Waals surface area (Å²) in [6, 6.07) is 42.4. The molecule has 5 aromatic carbocycles. The van der Waals surface area contributed by atoms with Crippen LogP contribution in [-0.2, 0) is 6.42 Å². The van der Waals surface area contributed by atoms with Crippen LogP contribution >= 0.6 is 0 Å². The van der Waals surface area contributed by atoms with E-state index >= 15 is 0 Å². The third-order valence-electron chi connectivity index (χ3n) is 8.40. The number of phenols is 1. The molecule has 0 saturated carbocycles. The molecule has 0 saturated heterocycles. The Morgan fingerprint density at radius 3 is 2.34 bits per heavy atom. The van der Waals surface area contributed by atoms with Gasteiger partial charge in [-0.1, -0.05) is 80.6 Å². The van der Waals surface area contributed by atoms with Gasteiger partial charge in [-0.05, 0) is 84.0 Å². The topological polar surface area (TPSA) is 75.3 Å². The van der Waals surface area contributed by atoms with Gasteiger partial charge in [-0.3, -0.25) is 4.90 Å². The van der Waals surface area contributed by atoms with Gasteiger partial charge in [-0.25, -0.2) is 15.0 Å². The zero-order valence-corrected chi connectivity index (χ0v) is 26.1. The maximum atomic E-state index is 10.9. The number of furan rings is 1. The molecular formula is C41H32N4O2. The van der Waals surface area contributed by atoms with Crippen molar-refractivity contribution in [2.45, 2.75) is 20.3 Å². The Hall–Kier alpha value is -6.01. The van der Waals surface area contributed by atoms with Crippen molar-refractivity contribution in [1.29, 1.82) is 0 Å². The van der Waals surface area contributed by atoms with Crippen LogP contribution in [0.4, 0.5) is 17.2 Å². The summed E-state index contributed by atoms with van der Waals surface area (Å²) < 4.78 is 6.33. The highest BCUT2D eigenvalue weighted by molar-refractivity contribution is 6.07. The minimum atomic E-state index is 0.130. The van der Waals surface area contributed by atoms with Crippen molar-refractivity contribution in [3.8, 4) is 28.4 Å². The number of rotatable bonds is 7. The molecule has 228 valence electrons. The van der Waals surface area contributed by atoms with Crippen molar-refractivity contribution in [2.75, 3.05) is 4.90 Å². The van der Waals surface area contributed by atoms with Crippen LogP contribution < -0.4 is 4.90 Å². The number of hydrogen-bond acceptors (Lipinski definition) is 6. The lowest BCUT2D eigenvalue weighted by Crippen LogP contribution is -2.13. The lowest BCUT2D eigenvalue weighted by molar-refractivity contribution is 0.477. The van der Waals surface area contributed by atoms with Gasteiger partial charge in [0.2, 0.25) is 0 Å². The highest BCUT2D eigenvalue weighted by Gasteiger charge is 2.22. The lowest BCUT2D eigenvalue weighted by atomic mass is 9.98. The number of phenolic OH excluding ortho intramolecular Hbond substituents is 1. The molecule has 0 fully saturated rings. The summed E-state index contributed by atoms with van der Waals surface area (Å²) in [4.78, 5) is 17.3. The van der Waals surface area contributed by atoms with Crippen molar-refractivity contribution in [2.24, 2.45) is 5.92 Å². The SMILES string of the molecule is CC(C)Cc1cc(-c2nc(-c3ccccc3O)c3oc4ccccc4c3n2)cc(N(c2ccccn2)c2cccc3ccccc23)c1. The van der Waals surface area contributed by atoms with E-state index in [4.69, 9.17) is 19.4 Å². The van der Waals surface area contributed by atoms with E-state index in [1.165, 1.54) is 5.56 Å². The number of para-hydroxylation sites is 2. The van der Waals surface area contributed by atoms with Crippen LogP contribution in [0.25, 0.3) is 55.5 Å². The molecule has 3 heterocycles. The van der Waals surface area contributed by atoms with E-state index in [0.717, 1.165) is 50.9 Å². The fraction of sp³-hybridized carbons (Fsp3) is 0.0976. The highest BCUT2D eigenvalue weighted by Crippen LogP contribution is 2.42. The number of pyridine rings is 1. The lowest BCUT2D eigenvalue weighted by Gasteiger charge is -2.27. The Labute approximate surface area is 272 Å². The van der Waals surface area contributed by atoms with Crippen molar-refractivity contribution in [3.05, 3.63) is 139 Å². The van der Waals surface area contributed by atoms with Crippen LogP contribution in [0.15, 0.2) is 138 Å². The number of aromatic nitrogens is 3. The molecule has 6 heteroatoms. The van der Waals surface area contributed by atoms with E-state index in [1.54, 1.807) is 12.1 Å². The van der Waals surface area contributed by atoms with Gasteiger partial charge in [0.15, 0.2) is 11.4 Å². The normalized spacial score (nSPS) is 11.6. The van der Waals surface area contributed by atoms with Crippen LogP contribution in [0, 0.1) is 5.92 Å².